The van der Waals surface area contributed by atoms with Crippen molar-refractivity contribution in [3.8, 4) is 6.07 Å². The van der Waals surface area contributed by atoms with E-state index in [0.717, 1.165) is 31.4 Å². The van der Waals surface area contributed by atoms with Gasteiger partial charge in [0.1, 0.15) is 11.6 Å². The predicted octanol–water partition coefficient (Wildman–Crippen LogP) is 4.22. The van der Waals surface area contributed by atoms with Crippen molar-refractivity contribution in [1.29, 1.82) is 5.26 Å². The highest BCUT2D eigenvalue weighted by atomic mass is 19.4. The van der Waals surface area contributed by atoms with Crippen molar-refractivity contribution in [2.24, 2.45) is 5.92 Å². The smallest absolute Gasteiger partial charge is 0.387 e. The zero-order chi connectivity index (χ0) is 18.4. The molecule has 1 aliphatic carbocycles. The van der Waals surface area contributed by atoms with Crippen molar-refractivity contribution in [2.45, 2.75) is 44.8 Å². The molecule has 1 aromatic rings. The normalized spacial score (nSPS) is 21.3. The second-order valence-corrected chi connectivity index (χ2v) is 6.24. The zero-order valence-electron chi connectivity index (χ0n) is 13.9. The summed E-state index contributed by atoms with van der Waals surface area (Å²) in [6.07, 6.45) is 1.18. The Bertz CT molecular complexity index is 692. The van der Waals surface area contributed by atoms with Crippen molar-refractivity contribution in [3.63, 3.8) is 0 Å². The van der Waals surface area contributed by atoms with Gasteiger partial charge in [0, 0.05) is 17.9 Å². The number of benzene rings is 1. The van der Waals surface area contributed by atoms with Crippen LogP contribution < -0.4 is 10.6 Å². The van der Waals surface area contributed by atoms with Crippen molar-refractivity contribution < 1.29 is 18.0 Å². The van der Waals surface area contributed by atoms with Crippen LogP contribution >= 0.6 is 0 Å². The molecule has 0 heterocycles. The Morgan fingerprint density at radius 3 is 2.68 bits per heavy atom. The minimum absolute atomic E-state index is 0.00740. The summed E-state index contributed by atoms with van der Waals surface area (Å²) < 4.78 is 38.1. The van der Waals surface area contributed by atoms with Crippen LogP contribution in [0.3, 0.4) is 0 Å². The van der Waals surface area contributed by atoms with Gasteiger partial charge >= 0.3 is 6.18 Å². The first-order chi connectivity index (χ1) is 11.8. The molecule has 7 heteroatoms. The molecule has 2 atom stereocenters. The summed E-state index contributed by atoms with van der Waals surface area (Å²) in [4.78, 5) is 12.1. The second-order valence-electron chi connectivity index (χ2n) is 6.24. The van der Waals surface area contributed by atoms with Crippen LogP contribution in [0, 0.1) is 17.2 Å². The molecule has 0 saturated heterocycles. The quantitative estimate of drug-likeness (QED) is 0.630. The number of nitrogens with one attached hydrogen (secondary N) is 2. The minimum Gasteiger partial charge on any atom is -0.387 e. The molecule has 2 N–H and O–H groups in total. The largest absolute Gasteiger partial charge is 0.416 e. The molecule has 0 aromatic heterocycles. The first-order valence-electron chi connectivity index (χ1n) is 8.16. The fourth-order valence-electron chi connectivity index (χ4n) is 2.87. The molecule has 4 nitrogen and oxygen atoms in total. The SMILES string of the molecule is CC1CCCCC1N/C=C(/C#N)C(=O)Nc1cccc(C(F)(F)F)c1. The molecule has 1 amide bonds. The summed E-state index contributed by atoms with van der Waals surface area (Å²) in [6, 6.07) is 6.29. The number of hydrogen-bond donors (Lipinski definition) is 2. The second kappa shape index (κ2) is 8.06. The lowest BCUT2D eigenvalue weighted by Crippen LogP contribution is -2.34. The summed E-state index contributed by atoms with van der Waals surface area (Å²) in [5.41, 5.74) is -1.04. The van der Waals surface area contributed by atoms with Gasteiger partial charge in [0.25, 0.3) is 5.91 Å². The van der Waals surface area contributed by atoms with E-state index < -0.39 is 17.6 Å². The van der Waals surface area contributed by atoms with E-state index in [0.29, 0.717) is 5.92 Å². The van der Waals surface area contributed by atoms with Crippen molar-refractivity contribution in [1.82, 2.24) is 5.32 Å². The third-order valence-electron chi connectivity index (χ3n) is 4.37. The van der Waals surface area contributed by atoms with Gasteiger partial charge in [0.05, 0.1) is 5.56 Å². The number of nitrogens with zero attached hydrogens (tertiary/aromatic N) is 1. The van der Waals surface area contributed by atoms with Crippen molar-refractivity contribution >= 4 is 11.6 Å². The Hall–Kier alpha value is -2.49. The Morgan fingerprint density at radius 2 is 2.04 bits per heavy atom. The Morgan fingerprint density at radius 1 is 1.32 bits per heavy atom. The topological polar surface area (TPSA) is 64.9 Å². The number of carbonyl (C=O) groups excluding carboxylic acids is 1. The number of alkyl halides is 3. The van der Waals surface area contributed by atoms with E-state index in [4.69, 9.17) is 5.26 Å². The van der Waals surface area contributed by atoms with Crippen molar-refractivity contribution in [3.05, 3.63) is 41.6 Å². The number of anilines is 1. The van der Waals surface area contributed by atoms with E-state index >= 15 is 0 Å². The molecule has 25 heavy (non-hydrogen) atoms. The lowest BCUT2D eigenvalue weighted by atomic mass is 9.86. The number of halogens is 3. The molecular formula is C18H20F3N3O. The number of amides is 1. The molecule has 1 aliphatic rings. The van der Waals surface area contributed by atoms with Gasteiger partial charge in [-0.25, -0.2) is 0 Å². The van der Waals surface area contributed by atoms with E-state index in [9.17, 15) is 18.0 Å². The van der Waals surface area contributed by atoms with Crippen LogP contribution in [0.15, 0.2) is 36.0 Å². The van der Waals surface area contributed by atoms with Crippen LogP contribution in [0.25, 0.3) is 0 Å². The van der Waals surface area contributed by atoms with Crippen LogP contribution in [0.1, 0.15) is 38.2 Å². The standard InChI is InChI=1S/C18H20F3N3O/c1-12-5-2-3-8-16(12)23-11-13(10-22)17(25)24-15-7-4-6-14(9-15)18(19,20)21/h4,6-7,9,11-12,16,23H,2-3,5,8H2,1H3,(H,24,25)/b13-11-. The van der Waals surface area contributed by atoms with Gasteiger partial charge in [-0.1, -0.05) is 25.8 Å². The Balaban J connectivity index is 2.05. The van der Waals surface area contributed by atoms with E-state index in [1.807, 2.05) is 0 Å². The summed E-state index contributed by atoms with van der Waals surface area (Å²) in [5, 5.41) is 14.6. The average Bonchev–Trinajstić information content (AvgIpc) is 2.56. The third-order valence-corrected chi connectivity index (χ3v) is 4.37. The molecule has 1 fully saturated rings. The molecule has 0 bridgehead atoms. The molecule has 134 valence electrons. The lowest BCUT2D eigenvalue weighted by molar-refractivity contribution is -0.137. The van der Waals surface area contributed by atoms with Crippen LogP contribution in [0.4, 0.5) is 18.9 Å². The lowest BCUT2D eigenvalue weighted by Gasteiger charge is -2.29. The fourth-order valence-corrected chi connectivity index (χ4v) is 2.87. The van der Waals surface area contributed by atoms with E-state index in [-0.39, 0.29) is 17.3 Å². The van der Waals surface area contributed by atoms with Crippen molar-refractivity contribution in [2.75, 3.05) is 5.32 Å². The maximum absolute atomic E-state index is 12.7. The zero-order valence-corrected chi connectivity index (χ0v) is 13.9. The first-order valence-corrected chi connectivity index (χ1v) is 8.16. The van der Waals surface area contributed by atoms with Crippen LogP contribution in [-0.4, -0.2) is 11.9 Å². The maximum atomic E-state index is 12.7. The average molecular weight is 351 g/mol. The number of nitriles is 1. The molecule has 1 saturated carbocycles. The van der Waals surface area contributed by atoms with Gasteiger partial charge in [0.2, 0.25) is 0 Å². The van der Waals surface area contributed by atoms with E-state index in [2.05, 4.69) is 17.6 Å². The van der Waals surface area contributed by atoms with E-state index in [1.165, 1.54) is 24.8 Å². The van der Waals surface area contributed by atoms with Gasteiger partial charge in [0.15, 0.2) is 0 Å². The summed E-state index contributed by atoms with van der Waals surface area (Å²) in [5.74, 6) is -0.297. The molecule has 0 spiro atoms. The molecule has 2 unspecified atom stereocenters. The number of carbonyl (C=O) groups is 1. The fraction of sp³-hybridized carbons (Fsp3) is 0.444. The molecular weight excluding hydrogens is 331 g/mol. The first kappa shape index (κ1) is 18.8. The van der Waals surface area contributed by atoms with Gasteiger partial charge < -0.3 is 10.6 Å². The summed E-state index contributed by atoms with van der Waals surface area (Å²) in [7, 11) is 0. The molecule has 2 rings (SSSR count). The third kappa shape index (κ3) is 5.24. The van der Waals surface area contributed by atoms with Gasteiger partial charge in [-0.3, -0.25) is 4.79 Å². The monoisotopic (exact) mass is 351 g/mol. The highest BCUT2D eigenvalue weighted by Gasteiger charge is 2.30. The highest BCUT2D eigenvalue weighted by Crippen LogP contribution is 2.30. The van der Waals surface area contributed by atoms with Crippen LogP contribution in [0.2, 0.25) is 0 Å². The van der Waals surface area contributed by atoms with Crippen LogP contribution in [-0.2, 0) is 11.0 Å². The minimum atomic E-state index is -4.49. The molecule has 1 aromatic carbocycles. The summed E-state index contributed by atoms with van der Waals surface area (Å²) >= 11 is 0. The maximum Gasteiger partial charge on any atom is 0.416 e. The molecule has 0 radical (unpaired) electrons. The van der Waals surface area contributed by atoms with Gasteiger partial charge in [-0.2, -0.15) is 18.4 Å². The summed E-state index contributed by atoms with van der Waals surface area (Å²) in [6.45, 7) is 2.11. The number of hydrogen-bond acceptors (Lipinski definition) is 3. The Kier molecular flexibility index (Phi) is 6.07. The van der Waals surface area contributed by atoms with Gasteiger partial charge in [-0.15, -0.1) is 0 Å². The van der Waals surface area contributed by atoms with Crippen LogP contribution in [0.5, 0.6) is 0 Å². The Labute approximate surface area is 144 Å². The predicted molar refractivity (Wildman–Crippen MR) is 88.3 cm³/mol. The molecule has 0 aliphatic heterocycles. The van der Waals surface area contributed by atoms with Gasteiger partial charge in [-0.05, 0) is 37.0 Å². The number of rotatable bonds is 4. The van der Waals surface area contributed by atoms with E-state index in [1.54, 1.807) is 6.07 Å². The highest BCUT2D eigenvalue weighted by molar-refractivity contribution is 6.06.